The van der Waals surface area contributed by atoms with Crippen molar-refractivity contribution in [2.45, 2.75) is 12.5 Å². The van der Waals surface area contributed by atoms with E-state index in [1.807, 2.05) is 0 Å². The maximum atomic E-state index is 12.1. The number of nitrogens with one attached hydrogen (secondary N) is 1. The van der Waals surface area contributed by atoms with Crippen molar-refractivity contribution in [3.63, 3.8) is 0 Å². The van der Waals surface area contributed by atoms with Crippen molar-refractivity contribution in [3.8, 4) is 5.69 Å². The number of hydrogen-bond acceptors (Lipinski definition) is 4. The molecule has 0 spiro atoms. The Morgan fingerprint density at radius 2 is 2.05 bits per heavy atom. The number of carbonyl (C=O) groups is 1. The van der Waals surface area contributed by atoms with Crippen LogP contribution in [0.15, 0.2) is 47.4 Å². The summed E-state index contributed by atoms with van der Waals surface area (Å²) >= 11 is 0. The van der Waals surface area contributed by atoms with Gasteiger partial charge in [-0.05, 0) is 36.2 Å². The number of rotatable bonds is 4. The minimum absolute atomic E-state index is 0.233. The molecule has 2 aromatic heterocycles. The number of carboxylic acids is 1. The van der Waals surface area contributed by atoms with Crippen LogP contribution in [-0.4, -0.2) is 31.7 Å². The van der Waals surface area contributed by atoms with Gasteiger partial charge in [-0.2, -0.15) is 0 Å². The normalized spacial score (nSPS) is 12.4. The first kappa shape index (κ1) is 14.0. The molecule has 1 atom stereocenters. The number of nitrogens with two attached hydrogens (primary N) is 1. The van der Waals surface area contributed by atoms with Gasteiger partial charge in [0, 0.05) is 6.20 Å². The van der Waals surface area contributed by atoms with Crippen LogP contribution in [0.25, 0.3) is 16.9 Å². The molecule has 4 N–H and O–H groups in total. The van der Waals surface area contributed by atoms with Gasteiger partial charge < -0.3 is 15.8 Å². The van der Waals surface area contributed by atoms with E-state index < -0.39 is 12.0 Å². The van der Waals surface area contributed by atoms with Crippen LogP contribution < -0.4 is 11.4 Å². The highest BCUT2D eigenvalue weighted by Crippen LogP contribution is 2.14. The molecule has 3 rings (SSSR count). The van der Waals surface area contributed by atoms with E-state index in [1.54, 1.807) is 42.6 Å². The van der Waals surface area contributed by atoms with Gasteiger partial charge in [-0.25, -0.2) is 14.3 Å². The van der Waals surface area contributed by atoms with Crippen molar-refractivity contribution < 1.29 is 9.90 Å². The third-order valence-corrected chi connectivity index (χ3v) is 3.41. The standard InChI is InChI=1S/C15H14N4O3/c16-11(14(20)21)8-9-3-5-10(6-4-9)19-13-12(18-15(19)22)2-1-7-17-13/h1-7,11H,8,16H2,(H,18,22)(H,20,21)/t11-/m0/s1. The number of H-pyrrole nitrogens is 1. The zero-order valence-corrected chi connectivity index (χ0v) is 11.6. The first-order chi connectivity index (χ1) is 10.6. The maximum absolute atomic E-state index is 12.1. The summed E-state index contributed by atoms with van der Waals surface area (Å²) in [6.45, 7) is 0. The summed E-state index contributed by atoms with van der Waals surface area (Å²) in [5.74, 6) is -1.04. The van der Waals surface area contributed by atoms with E-state index in [2.05, 4.69) is 9.97 Å². The highest BCUT2D eigenvalue weighted by atomic mass is 16.4. The smallest absolute Gasteiger partial charge is 0.332 e. The first-order valence-electron chi connectivity index (χ1n) is 6.70. The summed E-state index contributed by atoms with van der Waals surface area (Å²) in [4.78, 5) is 29.8. The molecule has 0 unspecified atom stereocenters. The van der Waals surface area contributed by atoms with Crippen molar-refractivity contribution in [3.05, 3.63) is 58.6 Å². The lowest BCUT2D eigenvalue weighted by molar-refractivity contribution is -0.138. The summed E-state index contributed by atoms with van der Waals surface area (Å²) in [5, 5.41) is 8.82. The minimum atomic E-state index is -1.04. The number of nitrogens with zero attached hydrogens (tertiary/aromatic N) is 2. The fraction of sp³-hybridized carbons (Fsp3) is 0.133. The van der Waals surface area contributed by atoms with E-state index in [1.165, 1.54) is 4.57 Å². The van der Waals surface area contributed by atoms with E-state index in [0.29, 0.717) is 16.9 Å². The van der Waals surface area contributed by atoms with Gasteiger partial charge in [-0.1, -0.05) is 12.1 Å². The molecule has 0 saturated heterocycles. The second-order valence-corrected chi connectivity index (χ2v) is 4.96. The van der Waals surface area contributed by atoms with Crippen LogP contribution in [0.1, 0.15) is 5.56 Å². The molecular weight excluding hydrogens is 284 g/mol. The number of aromatic amines is 1. The van der Waals surface area contributed by atoms with Crippen LogP contribution in [0.3, 0.4) is 0 Å². The van der Waals surface area contributed by atoms with Gasteiger partial charge in [0.1, 0.15) is 6.04 Å². The SMILES string of the molecule is N[C@@H](Cc1ccc(-n2c(=O)[nH]c3cccnc32)cc1)C(=O)O. The summed E-state index contributed by atoms with van der Waals surface area (Å²) in [7, 11) is 0. The molecule has 0 bridgehead atoms. The van der Waals surface area contributed by atoms with Crippen LogP contribution in [0, 0.1) is 0 Å². The predicted molar refractivity (Wildman–Crippen MR) is 81.0 cm³/mol. The molecule has 112 valence electrons. The first-order valence-corrected chi connectivity index (χ1v) is 6.70. The summed E-state index contributed by atoms with van der Waals surface area (Å²) < 4.78 is 1.47. The van der Waals surface area contributed by atoms with Crippen molar-refractivity contribution in [2.75, 3.05) is 0 Å². The Morgan fingerprint density at radius 3 is 2.73 bits per heavy atom. The number of fused-ring (bicyclic) bond motifs is 1. The van der Waals surface area contributed by atoms with Crippen LogP contribution in [0.5, 0.6) is 0 Å². The average Bonchev–Trinajstić information content (AvgIpc) is 2.84. The molecule has 0 fully saturated rings. The highest BCUT2D eigenvalue weighted by molar-refractivity contribution is 5.74. The number of benzene rings is 1. The minimum Gasteiger partial charge on any atom is -0.480 e. The molecule has 0 aliphatic carbocycles. The average molecular weight is 298 g/mol. The second-order valence-electron chi connectivity index (χ2n) is 4.96. The molecule has 0 aliphatic rings. The molecule has 0 aliphatic heterocycles. The predicted octanol–water partition coefficient (Wildman–Crippen LogP) is 0.668. The topological polar surface area (TPSA) is 114 Å². The second kappa shape index (κ2) is 5.45. The quantitative estimate of drug-likeness (QED) is 0.655. The van der Waals surface area contributed by atoms with E-state index >= 15 is 0 Å². The number of imidazole rings is 1. The number of carboxylic acid groups (broad SMARTS) is 1. The number of pyridine rings is 1. The van der Waals surface area contributed by atoms with E-state index in [4.69, 9.17) is 10.8 Å². The Bertz CT molecular complexity index is 880. The third-order valence-electron chi connectivity index (χ3n) is 3.41. The molecule has 2 heterocycles. The molecule has 0 saturated carbocycles. The molecule has 22 heavy (non-hydrogen) atoms. The molecule has 3 aromatic rings. The third kappa shape index (κ3) is 2.49. The number of aliphatic carboxylic acids is 1. The fourth-order valence-corrected chi connectivity index (χ4v) is 2.30. The van der Waals surface area contributed by atoms with Crippen molar-refractivity contribution in [1.82, 2.24) is 14.5 Å². The Hall–Kier alpha value is -2.93. The molecule has 0 amide bonds. The van der Waals surface area contributed by atoms with Gasteiger partial charge in [0.05, 0.1) is 11.2 Å². The van der Waals surface area contributed by atoms with Crippen LogP contribution in [0.2, 0.25) is 0 Å². The Labute approximate surface area is 125 Å². The molecule has 7 heteroatoms. The van der Waals surface area contributed by atoms with Gasteiger partial charge in [0.15, 0.2) is 5.65 Å². The Balaban J connectivity index is 1.97. The Morgan fingerprint density at radius 1 is 1.32 bits per heavy atom. The van der Waals surface area contributed by atoms with E-state index in [9.17, 15) is 9.59 Å². The maximum Gasteiger partial charge on any atom is 0.332 e. The van der Waals surface area contributed by atoms with E-state index in [-0.39, 0.29) is 12.1 Å². The lowest BCUT2D eigenvalue weighted by atomic mass is 10.1. The van der Waals surface area contributed by atoms with Crippen molar-refractivity contribution >= 4 is 17.1 Å². The zero-order chi connectivity index (χ0) is 15.7. The highest BCUT2D eigenvalue weighted by Gasteiger charge is 2.13. The number of hydrogen-bond donors (Lipinski definition) is 3. The van der Waals surface area contributed by atoms with Crippen molar-refractivity contribution in [2.24, 2.45) is 5.73 Å². The zero-order valence-electron chi connectivity index (χ0n) is 11.6. The molecule has 7 nitrogen and oxygen atoms in total. The monoisotopic (exact) mass is 298 g/mol. The summed E-state index contributed by atoms with van der Waals surface area (Å²) in [5.41, 5.74) is 7.88. The summed E-state index contributed by atoms with van der Waals surface area (Å²) in [6.07, 6.45) is 1.85. The number of aromatic nitrogens is 3. The Kier molecular flexibility index (Phi) is 3.48. The van der Waals surface area contributed by atoms with Gasteiger partial charge in [-0.3, -0.25) is 4.79 Å². The van der Waals surface area contributed by atoms with Crippen LogP contribution in [0.4, 0.5) is 0 Å². The lowest BCUT2D eigenvalue weighted by Crippen LogP contribution is -2.32. The van der Waals surface area contributed by atoms with Gasteiger partial charge in [0.2, 0.25) is 0 Å². The van der Waals surface area contributed by atoms with E-state index in [0.717, 1.165) is 5.56 Å². The molecule has 1 aromatic carbocycles. The lowest BCUT2D eigenvalue weighted by Gasteiger charge is -2.08. The van der Waals surface area contributed by atoms with Crippen LogP contribution >= 0.6 is 0 Å². The van der Waals surface area contributed by atoms with Gasteiger partial charge >= 0.3 is 11.7 Å². The summed E-state index contributed by atoms with van der Waals surface area (Å²) in [6, 6.07) is 9.59. The largest absolute Gasteiger partial charge is 0.480 e. The molecular formula is C15H14N4O3. The van der Waals surface area contributed by atoms with Gasteiger partial charge in [0.25, 0.3) is 0 Å². The molecule has 0 radical (unpaired) electrons. The fourth-order valence-electron chi connectivity index (χ4n) is 2.30. The van der Waals surface area contributed by atoms with Crippen LogP contribution in [-0.2, 0) is 11.2 Å². The van der Waals surface area contributed by atoms with Gasteiger partial charge in [-0.15, -0.1) is 0 Å². The van der Waals surface area contributed by atoms with Crippen molar-refractivity contribution in [1.29, 1.82) is 0 Å².